The smallest absolute Gasteiger partial charge is 0.316 e. The molecule has 4 heterocycles. The van der Waals surface area contributed by atoms with Crippen molar-refractivity contribution in [2.45, 2.75) is 25.4 Å². The van der Waals surface area contributed by atoms with Crippen LogP contribution in [-0.2, 0) is 18.3 Å². The number of hydrogen-bond donors (Lipinski definition) is 0. The number of fused-ring (bicyclic) bond motifs is 1. The molecule has 3 aromatic rings. The first-order chi connectivity index (χ1) is 15.2. The van der Waals surface area contributed by atoms with E-state index in [1.54, 1.807) is 23.3 Å². The molecular formula is C23H26N6O2. The first-order valence-electron chi connectivity index (χ1n) is 10.7. The molecule has 2 aromatic heterocycles. The number of carbonyl (C=O) groups excluding carboxylic acids is 1. The van der Waals surface area contributed by atoms with E-state index in [4.69, 9.17) is 4.74 Å². The largest absolute Gasteiger partial charge is 0.460 e. The normalized spacial score (nSPS) is 17.0. The van der Waals surface area contributed by atoms with E-state index >= 15 is 0 Å². The number of amides is 1. The lowest BCUT2D eigenvalue weighted by Crippen LogP contribution is -2.45. The maximum Gasteiger partial charge on any atom is 0.316 e. The highest BCUT2D eigenvalue weighted by Crippen LogP contribution is 2.28. The second kappa shape index (κ2) is 8.47. The Bertz CT molecular complexity index is 1060. The van der Waals surface area contributed by atoms with E-state index in [9.17, 15) is 4.79 Å². The van der Waals surface area contributed by atoms with Crippen LogP contribution in [0.25, 0.3) is 11.1 Å². The van der Waals surface area contributed by atoms with Gasteiger partial charge in [0.2, 0.25) is 5.91 Å². The van der Waals surface area contributed by atoms with Crippen LogP contribution in [-0.4, -0.2) is 62.8 Å². The predicted octanol–water partition coefficient (Wildman–Crippen LogP) is 2.31. The number of piperidine rings is 1. The fourth-order valence-corrected chi connectivity index (χ4v) is 4.30. The van der Waals surface area contributed by atoms with E-state index in [1.165, 1.54) is 5.56 Å². The molecule has 0 aliphatic carbocycles. The second-order valence-corrected chi connectivity index (χ2v) is 8.17. The van der Waals surface area contributed by atoms with Crippen molar-refractivity contribution in [2.75, 3.05) is 31.1 Å². The average molecular weight is 419 g/mol. The highest BCUT2D eigenvalue weighted by atomic mass is 16.5. The molecule has 2 aliphatic rings. The summed E-state index contributed by atoms with van der Waals surface area (Å²) in [6.45, 7) is 2.90. The van der Waals surface area contributed by atoms with Gasteiger partial charge in [0.15, 0.2) is 0 Å². The molecule has 1 fully saturated rings. The first-order valence-corrected chi connectivity index (χ1v) is 10.7. The molecule has 0 bridgehead atoms. The molecule has 0 radical (unpaired) electrons. The van der Waals surface area contributed by atoms with Crippen LogP contribution in [0.3, 0.4) is 0 Å². The van der Waals surface area contributed by atoms with Gasteiger partial charge in [-0.05, 0) is 30.9 Å². The summed E-state index contributed by atoms with van der Waals surface area (Å²) in [4.78, 5) is 25.7. The van der Waals surface area contributed by atoms with Gasteiger partial charge in [-0.1, -0.05) is 18.2 Å². The summed E-state index contributed by atoms with van der Waals surface area (Å²) < 4.78 is 7.74. The zero-order valence-corrected chi connectivity index (χ0v) is 17.6. The number of likely N-dealkylation sites (tertiary alicyclic amines) is 1. The van der Waals surface area contributed by atoms with Crippen LogP contribution < -0.4 is 9.64 Å². The van der Waals surface area contributed by atoms with Gasteiger partial charge in [-0.25, -0.2) is 9.97 Å². The van der Waals surface area contributed by atoms with Crippen LogP contribution in [0.4, 0.5) is 5.69 Å². The Balaban J connectivity index is 1.11. The number of anilines is 1. The minimum absolute atomic E-state index is 0.0723. The van der Waals surface area contributed by atoms with Crippen LogP contribution in [0.2, 0.25) is 0 Å². The van der Waals surface area contributed by atoms with Crippen molar-refractivity contribution in [1.82, 2.24) is 24.6 Å². The number of rotatable bonds is 5. The number of ether oxygens (including phenoxy) is 1. The number of para-hydroxylation sites is 1. The molecule has 1 amide bonds. The van der Waals surface area contributed by atoms with Gasteiger partial charge in [0.05, 0.1) is 12.7 Å². The van der Waals surface area contributed by atoms with Crippen LogP contribution >= 0.6 is 0 Å². The molecule has 2 aliphatic heterocycles. The Labute approximate surface area is 181 Å². The summed E-state index contributed by atoms with van der Waals surface area (Å²) in [6.07, 6.45) is 9.98. The van der Waals surface area contributed by atoms with Crippen molar-refractivity contribution >= 4 is 11.6 Å². The fraction of sp³-hybridized carbons (Fsp3) is 0.391. The molecule has 1 saturated heterocycles. The van der Waals surface area contributed by atoms with Gasteiger partial charge in [0, 0.05) is 62.1 Å². The molecule has 5 rings (SSSR count). The van der Waals surface area contributed by atoms with Gasteiger partial charge in [-0.15, -0.1) is 0 Å². The van der Waals surface area contributed by atoms with Gasteiger partial charge in [0.1, 0.15) is 6.10 Å². The van der Waals surface area contributed by atoms with Crippen molar-refractivity contribution in [3.63, 3.8) is 0 Å². The lowest BCUT2D eigenvalue weighted by atomic mass is 10.1. The summed E-state index contributed by atoms with van der Waals surface area (Å²) in [5.41, 5.74) is 4.22. The number of aryl methyl sites for hydroxylation is 1. The standard InChI is InChI=1S/C23H26N6O2/c1-27-15-19(14-26-27)18-12-24-23(25-13-18)31-20-7-9-28(10-8-20)16-22(30)29-11-6-17-4-2-3-5-21(17)29/h2-5,12-15,20H,6-11,16H2,1H3. The molecular weight excluding hydrogens is 392 g/mol. The quantitative estimate of drug-likeness (QED) is 0.633. The molecule has 0 N–H and O–H groups in total. The van der Waals surface area contributed by atoms with E-state index < -0.39 is 0 Å². The van der Waals surface area contributed by atoms with Gasteiger partial charge < -0.3 is 9.64 Å². The Hall–Kier alpha value is -3.26. The molecule has 0 unspecified atom stereocenters. The highest BCUT2D eigenvalue weighted by Gasteiger charge is 2.28. The zero-order valence-electron chi connectivity index (χ0n) is 17.6. The van der Waals surface area contributed by atoms with Gasteiger partial charge in [0.25, 0.3) is 0 Å². The summed E-state index contributed by atoms with van der Waals surface area (Å²) in [6, 6.07) is 8.58. The fourth-order valence-electron chi connectivity index (χ4n) is 4.30. The minimum Gasteiger partial charge on any atom is -0.460 e. The number of carbonyl (C=O) groups is 1. The van der Waals surface area contributed by atoms with Gasteiger partial charge in [-0.2, -0.15) is 5.10 Å². The molecule has 0 spiro atoms. The van der Waals surface area contributed by atoms with Crippen LogP contribution in [0.5, 0.6) is 6.01 Å². The molecule has 0 saturated carbocycles. The van der Waals surface area contributed by atoms with E-state index in [1.807, 2.05) is 36.3 Å². The van der Waals surface area contributed by atoms with Gasteiger partial charge in [-0.3, -0.25) is 14.4 Å². The number of hydrogen-bond acceptors (Lipinski definition) is 6. The Kier molecular flexibility index (Phi) is 5.38. The number of nitrogens with zero attached hydrogens (tertiary/aromatic N) is 6. The zero-order chi connectivity index (χ0) is 21.2. The van der Waals surface area contributed by atoms with E-state index in [2.05, 4.69) is 26.0 Å². The number of benzene rings is 1. The third-order valence-corrected chi connectivity index (χ3v) is 6.02. The Morgan fingerprint density at radius 3 is 2.58 bits per heavy atom. The molecule has 160 valence electrons. The molecule has 31 heavy (non-hydrogen) atoms. The maximum atomic E-state index is 12.8. The molecule has 8 nitrogen and oxygen atoms in total. The average Bonchev–Trinajstić information content (AvgIpc) is 3.42. The SMILES string of the molecule is Cn1cc(-c2cnc(OC3CCN(CC(=O)N4CCc5ccccc54)CC3)nc2)cn1. The summed E-state index contributed by atoms with van der Waals surface area (Å²) in [5, 5.41) is 4.17. The maximum absolute atomic E-state index is 12.8. The third-order valence-electron chi connectivity index (χ3n) is 6.02. The summed E-state index contributed by atoms with van der Waals surface area (Å²) in [7, 11) is 1.88. The monoisotopic (exact) mass is 418 g/mol. The summed E-state index contributed by atoms with van der Waals surface area (Å²) in [5.74, 6) is 0.179. The molecule has 8 heteroatoms. The molecule has 1 aromatic carbocycles. The lowest BCUT2D eigenvalue weighted by molar-refractivity contribution is -0.120. The van der Waals surface area contributed by atoms with E-state index in [0.717, 1.165) is 55.7 Å². The van der Waals surface area contributed by atoms with Crippen molar-refractivity contribution in [3.8, 4) is 17.1 Å². The minimum atomic E-state index is 0.0723. The van der Waals surface area contributed by atoms with Gasteiger partial charge >= 0.3 is 6.01 Å². The van der Waals surface area contributed by atoms with Crippen molar-refractivity contribution in [1.29, 1.82) is 0 Å². The third kappa shape index (κ3) is 4.29. The lowest BCUT2D eigenvalue weighted by Gasteiger charge is -2.32. The number of aromatic nitrogens is 4. The van der Waals surface area contributed by atoms with Crippen molar-refractivity contribution in [2.24, 2.45) is 7.05 Å². The second-order valence-electron chi connectivity index (χ2n) is 8.17. The van der Waals surface area contributed by atoms with E-state index in [0.29, 0.717) is 12.6 Å². The topological polar surface area (TPSA) is 76.4 Å². The van der Waals surface area contributed by atoms with Crippen LogP contribution in [0, 0.1) is 0 Å². The Morgan fingerprint density at radius 1 is 1.06 bits per heavy atom. The predicted molar refractivity (Wildman–Crippen MR) is 117 cm³/mol. The molecule has 0 atom stereocenters. The van der Waals surface area contributed by atoms with Crippen LogP contribution in [0.1, 0.15) is 18.4 Å². The van der Waals surface area contributed by atoms with Crippen molar-refractivity contribution < 1.29 is 9.53 Å². The highest BCUT2D eigenvalue weighted by molar-refractivity contribution is 5.96. The summed E-state index contributed by atoms with van der Waals surface area (Å²) >= 11 is 0. The van der Waals surface area contributed by atoms with E-state index in [-0.39, 0.29) is 12.0 Å². The first kappa shape index (κ1) is 19.7. The Morgan fingerprint density at radius 2 is 1.84 bits per heavy atom. The van der Waals surface area contributed by atoms with Crippen LogP contribution in [0.15, 0.2) is 49.1 Å². The van der Waals surface area contributed by atoms with Crippen molar-refractivity contribution in [3.05, 3.63) is 54.6 Å².